The molecule has 0 saturated heterocycles. The van der Waals surface area contributed by atoms with Crippen LogP contribution in [0.1, 0.15) is 27.7 Å². The fraction of sp³-hybridized carbons (Fsp3) is 1.00. The molecular formula is C10H26O2S2Si2. The van der Waals surface area contributed by atoms with Crippen LogP contribution in [0.15, 0.2) is 0 Å². The minimum absolute atomic E-state index is 0.178. The molecule has 0 aliphatic heterocycles. The van der Waals surface area contributed by atoms with E-state index in [0.29, 0.717) is 11.5 Å². The summed E-state index contributed by atoms with van der Waals surface area (Å²) < 4.78 is 11.3. The lowest BCUT2D eigenvalue weighted by atomic mass is 10.2. The van der Waals surface area contributed by atoms with Gasteiger partial charge in [-0.05, 0) is 27.7 Å². The summed E-state index contributed by atoms with van der Waals surface area (Å²) in [5.74, 6) is 0. The molecule has 0 aromatic rings. The van der Waals surface area contributed by atoms with Gasteiger partial charge < -0.3 is 9.47 Å². The van der Waals surface area contributed by atoms with Crippen LogP contribution < -0.4 is 0 Å². The monoisotopic (exact) mass is 298 g/mol. The molecule has 0 N–H and O–H groups in total. The summed E-state index contributed by atoms with van der Waals surface area (Å²) in [6, 6.07) is 0. The predicted octanol–water partition coefficient (Wildman–Crippen LogP) is 0.601. The van der Waals surface area contributed by atoms with E-state index in [-0.39, 0.29) is 9.49 Å². The van der Waals surface area contributed by atoms with Gasteiger partial charge >= 0.3 is 0 Å². The van der Waals surface area contributed by atoms with Crippen LogP contribution in [0.5, 0.6) is 0 Å². The van der Waals surface area contributed by atoms with Crippen LogP contribution in [0.25, 0.3) is 0 Å². The topological polar surface area (TPSA) is 18.5 Å². The highest BCUT2D eigenvalue weighted by molar-refractivity contribution is 8.77. The lowest BCUT2D eigenvalue weighted by Gasteiger charge is -2.35. The van der Waals surface area contributed by atoms with E-state index in [1.165, 1.54) is 0 Å². The third kappa shape index (κ3) is 5.14. The van der Waals surface area contributed by atoms with Crippen molar-refractivity contribution in [3.05, 3.63) is 0 Å². The summed E-state index contributed by atoms with van der Waals surface area (Å²) in [5.41, 5.74) is 0.770. The molecule has 0 fully saturated rings. The third-order valence-corrected chi connectivity index (χ3v) is 12.2. The molecule has 0 bridgehead atoms. The van der Waals surface area contributed by atoms with Crippen LogP contribution in [0.4, 0.5) is 0 Å². The maximum Gasteiger partial charge on any atom is 0.0526 e. The Kier molecular flexibility index (Phi) is 7.30. The second-order valence-corrected chi connectivity index (χ2v) is 10.7. The van der Waals surface area contributed by atoms with E-state index in [2.05, 4.69) is 27.7 Å². The largest absolute Gasteiger partial charge is 0.384 e. The van der Waals surface area contributed by atoms with Crippen molar-refractivity contribution in [3.63, 3.8) is 0 Å². The lowest BCUT2D eigenvalue weighted by Crippen LogP contribution is -2.38. The molecule has 0 spiro atoms. The maximum atomic E-state index is 5.47. The minimum Gasteiger partial charge on any atom is -0.384 e. The summed E-state index contributed by atoms with van der Waals surface area (Å²) in [6.45, 7) is 9.04. The predicted molar refractivity (Wildman–Crippen MR) is 84.8 cm³/mol. The lowest BCUT2D eigenvalue weighted by molar-refractivity contribution is 0.142. The number of ether oxygens (including phenoxy) is 2. The highest BCUT2D eigenvalue weighted by Crippen LogP contribution is 2.46. The zero-order valence-corrected chi connectivity index (χ0v) is 17.4. The summed E-state index contributed by atoms with van der Waals surface area (Å²) >= 11 is 0. The van der Waals surface area contributed by atoms with Gasteiger partial charge in [-0.25, -0.2) is 0 Å². The van der Waals surface area contributed by atoms with Crippen molar-refractivity contribution < 1.29 is 9.47 Å². The first-order valence-corrected chi connectivity index (χ1v) is 10.1. The van der Waals surface area contributed by atoms with Gasteiger partial charge in [-0.3, -0.25) is 0 Å². The van der Waals surface area contributed by atoms with E-state index >= 15 is 0 Å². The van der Waals surface area contributed by atoms with Crippen LogP contribution in [0.2, 0.25) is 0 Å². The molecular weight excluding hydrogens is 272 g/mol. The van der Waals surface area contributed by atoms with E-state index < -0.39 is 0 Å². The van der Waals surface area contributed by atoms with Gasteiger partial charge in [0.15, 0.2) is 0 Å². The van der Waals surface area contributed by atoms with Crippen LogP contribution in [-0.2, 0) is 9.47 Å². The maximum absolute atomic E-state index is 5.47. The molecule has 0 aliphatic rings. The third-order valence-electron chi connectivity index (χ3n) is 3.14. The second kappa shape index (κ2) is 6.85. The van der Waals surface area contributed by atoms with Crippen LogP contribution >= 0.6 is 21.6 Å². The first kappa shape index (κ1) is 17.1. The van der Waals surface area contributed by atoms with Gasteiger partial charge in [0.2, 0.25) is 0 Å². The van der Waals surface area contributed by atoms with Crippen LogP contribution in [0.3, 0.4) is 0 Å². The molecule has 6 heteroatoms. The van der Waals surface area contributed by atoms with Crippen LogP contribution in [0, 0.1) is 0 Å². The summed E-state index contributed by atoms with van der Waals surface area (Å²) in [4.78, 5) is 0. The quantitative estimate of drug-likeness (QED) is 0.506. The first-order valence-electron chi connectivity index (χ1n) is 5.59. The average Bonchev–Trinajstić information content (AvgIpc) is 2.24. The van der Waals surface area contributed by atoms with Crippen molar-refractivity contribution in [1.29, 1.82) is 0 Å². The number of rotatable bonds is 7. The molecule has 0 radical (unpaired) electrons. The van der Waals surface area contributed by atoms with E-state index in [4.69, 9.17) is 9.47 Å². The molecule has 16 heavy (non-hydrogen) atoms. The van der Waals surface area contributed by atoms with Gasteiger partial charge in [-0.1, -0.05) is 21.6 Å². The van der Waals surface area contributed by atoms with E-state index in [9.17, 15) is 0 Å². The first-order chi connectivity index (χ1) is 7.17. The van der Waals surface area contributed by atoms with Gasteiger partial charge in [0, 0.05) is 44.2 Å². The van der Waals surface area contributed by atoms with Gasteiger partial charge in [-0.15, -0.1) is 0 Å². The van der Waals surface area contributed by atoms with Crippen molar-refractivity contribution in [2.75, 3.05) is 14.2 Å². The molecule has 0 amide bonds. The van der Waals surface area contributed by atoms with Gasteiger partial charge in [0.1, 0.15) is 0 Å². The van der Waals surface area contributed by atoms with Gasteiger partial charge in [0.25, 0.3) is 0 Å². The zero-order chi connectivity index (χ0) is 13.0. The Morgan fingerprint density at radius 2 is 1.06 bits per heavy atom. The Bertz CT molecular complexity index is 191. The van der Waals surface area contributed by atoms with E-state index in [1.807, 2.05) is 21.6 Å². The van der Waals surface area contributed by atoms with Crippen LogP contribution in [-0.4, -0.2) is 55.7 Å². The standard InChI is InChI=1S/C10H26O2S2Si2/c1-9(2,7(15)11-5)13-14-10(3,4)8(16)12-6/h7-8H,1-6,15-16H3. The molecule has 2 unspecified atom stereocenters. The second-order valence-electron chi connectivity index (χ2n) is 5.13. The van der Waals surface area contributed by atoms with E-state index in [0.717, 1.165) is 20.5 Å². The molecule has 0 aromatic heterocycles. The Morgan fingerprint density at radius 3 is 1.25 bits per heavy atom. The molecule has 2 nitrogen and oxygen atoms in total. The molecule has 0 saturated carbocycles. The number of hydrogen-bond acceptors (Lipinski definition) is 4. The van der Waals surface area contributed by atoms with E-state index in [1.54, 1.807) is 14.2 Å². The summed E-state index contributed by atoms with van der Waals surface area (Å²) in [6.07, 6.45) is 0. The highest BCUT2D eigenvalue weighted by Gasteiger charge is 2.33. The normalized spacial score (nSPS) is 17.6. The minimum atomic E-state index is 0.178. The molecule has 0 heterocycles. The molecule has 0 aliphatic carbocycles. The molecule has 2 atom stereocenters. The summed E-state index contributed by atoms with van der Waals surface area (Å²) in [7, 11) is 9.61. The number of methoxy groups -OCH3 is 2. The Hall–Kier alpha value is 1.05. The summed E-state index contributed by atoms with van der Waals surface area (Å²) in [5, 5.41) is 0. The SMILES string of the molecule is COC([SiH3])C(C)(C)SSC(C)(C)C([SiH3])OC. The smallest absolute Gasteiger partial charge is 0.0526 e. The Labute approximate surface area is 114 Å². The number of hydrogen-bond donors (Lipinski definition) is 0. The average molecular weight is 299 g/mol. The molecule has 98 valence electrons. The van der Waals surface area contributed by atoms with Crippen molar-refractivity contribution in [1.82, 2.24) is 0 Å². The van der Waals surface area contributed by atoms with Crippen molar-refractivity contribution >= 4 is 42.1 Å². The van der Waals surface area contributed by atoms with Crippen molar-refractivity contribution in [2.45, 2.75) is 48.6 Å². The fourth-order valence-corrected chi connectivity index (χ4v) is 5.64. The van der Waals surface area contributed by atoms with Crippen molar-refractivity contribution in [2.24, 2.45) is 0 Å². The van der Waals surface area contributed by atoms with Gasteiger partial charge in [0.05, 0.1) is 11.5 Å². The highest BCUT2D eigenvalue weighted by atomic mass is 33.1. The van der Waals surface area contributed by atoms with Gasteiger partial charge in [-0.2, -0.15) is 0 Å². The zero-order valence-electron chi connectivity index (χ0n) is 11.8. The Balaban J connectivity index is 4.33. The fourth-order valence-electron chi connectivity index (χ4n) is 0.918. The molecule has 0 rings (SSSR count). The van der Waals surface area contributed by atoms with Crippen molar-refractivity contribution in [3.8, 4) is 0 Å². The molecule has 0 aromatic carbocycles. The Morgan fingerprint density at radius 1 is 0.812 bits per heavy atom.